The molecule has 1 heterocycles. The first-order valence-corrected chi connectivity index (χ1v) is 5.44. The van der Waals surface area contributed by atoms with Gasteiger partial charge >= 0.3 is 5.97 Å². The molecule has 1 aromatic carbocycles. The predicted octanol–water partition coefficient (Wildman–Crippen LogP) is 2.61. The zero-order valence-electron chi connectivity index (χ0n) is 8.54. The van der Waals surface area contributed by atoms with Gasteiger partial charge in [-0.05, 0) is 29.3 Å². The van der Waals surface area contributed by atoms with Crippen LogP contribution in [-0.4, -0.2) is 18.1 Å². The van der Waals surface area contributed by atoms with E-state index in [4.69, 9.17) is 4.42 Å². The van der Waals surface area contributed by atoms with Crippen molar-refractivity contribution in [2.45, 2.75) is 5.22 Å². The number of esters is 1. The molecule has 0 aliphatic heterocycles. The summed E-state index contributed by atoms with van der Waals surface area (Å²) in [5.74, 6) is -0.399. The highest BCUT2D eigenvalue weighted by Gasteiger charge is 2.03. The van der Waals surface area contributed by atoms with Crippen molar-refractivity contribution < 1.29 is 13.9 Å². The Labute approximate surface area is 96.3 Å². The average Bonchev–Trinajstić information content (AvgIpc) is 2.71. The van der Waals surface area contributed by atoms with Gasteiger partial charge in [-0.3, -0.25) is 0 Å². The smallest absolute Gasteiger partial charge is 0.331 e. The van der Waals surface area contributed by atoms with E-state index in [-0.39, 0.29) is 0 Å². The number of para-hydroxylation sites is 2. The van der Waals surface area contributed by atoms with Crippen molar-refractivity contribution in [1.29, 1.82) is 0 Å². The van der Waals surface area contributed by atoms with Crippen molar-refractivity contribution in [1.82, 2.24) is 4.98 Å². The monoisotopic (exact) mass is 235 g/mol. The fourth-order valence-corrected chi connectivity index (χ4v) is 1.70. The lowest BCUT2D eigenvalue weighted by atomic mass is 10.3. The lowest BCUT2D eigenvalue weighted by Crippen LogP contribution is -1.92. The summed E-state index contributed by atoms with van der Waals surface area (Å²) in [6, 6.07) is 7.49. The van der Waals surface area contributed by atoms with Crippen molar-refractivity contribution in [3.8, 4) is 0 Å². The highest BCUT2D eigenvalue weighted by molar-refractivity contribution is 8.01. The molecule has 2 aromatic rings. The Morgan fingerprint density at radius 3 is 3.06 bits per heavy atom. The molecule has 0 aliphatic rings. The summed E-state index contributed by atoms with van der Waals surface area (Å²) in [5.41, 5.74) is 1.54. The number of aromatic nitrogens is 1. The first-order valence-electron chi connectivity index (χ1n) is 4.56. The number of carbonyl (C=O) groups is 1. The third kappa shape index (κ3) is 2.43. The Morgan fingerprint density at radius 2 is 2.31 bits per heavy atom. The van der Waals surface area contributed by atoms with Crippen LogP contribution in [0.15, 0.2) is 45.4 Å². The molecule has 0 fully saturated rings. The minimum absolute atomic E-state index is 0.399. The SMILES string of the molecule is COC(=O)/C=C\Sc1nc2ccccc2o1. The quantitative estimate of drug-likeness (QED) is 0.465. The summed E-state index contributed by atoms with van der Waals surface area (Å²) in [6.45, 7) is 0. The number of fused-ring (bicyclic) bond motifs is 1. The molecular formula is C11H9NO3S. The molecule has 0 spiro atoms. The Morgan fingerprint density at radius 1 is 1.50 bits per heavy atom. The van der Waals surface area contributed by atoms with Crippen LogP contribution in [0.2, 0.25) is 0 Å². The first kappa shape index (κ1) is 10.8. The maximum absolute atomic E-state index is 10.8. The van der Waals surface area contributed by atoms with Crippen LogP contribution >= 0.6 is 11.8 Å². The van der Waals surface area contributed by atoms with Gasteiger partial charge in [-0.25, -0.2) is 9.78 Å². The minimum atomic E-state index is -0.399. The summed E-state index contributed by atoms with van der Waals surface area (Å²) in [5, 5.41) is 2.08. The number of oxazole rings is 1. The summed E-state index contributed by atoms with van der Waals surface area (Å²) >= 11 is 1.23. The van der Waals surface area contributed by atoms with E-state index in [1.54, 1.807) is 5.41 Å². The molecule has 0 unspecified atom stereocenters. The van der Waals surface area contributed by atoms with Gasteiger partial charge in [0.25, 0.3) is 5.22 Å². The molecule has 82 valence electrons. The molecular weight excluding hydrogens is 226 g/mol. The van der Waals surface area contributed by atoms with Gasteiger partial charge in [-0.2, -0.15) is 0 Å². The maximum Gasteiger partial charge on any atom is 0.331 e. The number of nitrogens with zero attached hydrogens (tertiary/aromatic N) is 1. The van der Waals surface area contributed by atoms with Crippen LogP contribution in [0.25, 0.3) is 11.1 Å². The number of rotatable bonds is 3. The van der Waals surface area contributed by atoms with E-state index in [0.717, 1.165) is 11.1 Å². The summed E-state index contributed by atoms with van der Waals surface area (Å²) in [4.78, 5) is 15.0. The molecule has 0 atom stereocenters. The van der Waals surface area contributed by atoms with E-state index in [1.807, 2.05) is 24.3 Å². The topological polar surface area (TPSA) is 52.3 Å². The maximum atomic E-state index is 10.8. The molecule has 2 rings (SSSR count). The van der Waals surface area contributed by atoms with E-state index in [1.165, 1.54) is 24.9 Å². The fourth-order valence-electron chi connectivity index (χ4n) is 1.12. The normalized spacial score (nSPS) is 11.1. The van der Waals surface area contributed by atoms with Crippen molar-refractivity contribution >= 4 is 28.8 Å². The van der Waals surface area contributed by atoms with Gasteiger partial charge in [0, 0.05) is 6.08 Å². The number of hydrogen-bond acceptors (Lipinski definition) is 5. The highest BCUT2D eigenvalue weighted by Crippen LogP contribution is 2.23. The molecule has 4 nitrogen and oxygen atoms in total. The molecule has 0 saturated carbocycles. The van der Waals surface area contributed by atoms with Crippen LogP contribution in [0.4, 0.5) is 0 Å². The first-order chi connectivity index (χ1) is 7.79. The third-order valence-corrected chi connectivity index (χ3v) is 2.50. The minimum Gasteiger partial charge on any atom is -0.466 e. The summed E-state index contributed by atoms with van der Waals surface area (Å²) < 4.78 is 9.89. The molecule has 0 radical (unpaired) electrons. The number of benzene rings is 1. The van der Waals surface area contributed by atoms with Crippen LogP contribution < -0.4 is 0 Å². The van der Waals surface area contributed by atoms with Crippen LogP contribution in [-0.2, 0) is 9.53 Å². The van der Waals surface area contributed by atoms with E-state index < -0.39 is 5.97 Å². The summed E-state index contributed by atoms with van der Waals surface area (Å²) in [6.07, 6.45) is 1.32. The number of hydrogen-bond donors (Lipinski definition) is 0. The number of methoxy groups -OCH3 is 1. The number of carbonyl (C=O) groups excluding carboxylic acids is 1. The molecule has 0 aliphatic carbocycles. The summed E-state index contributed by atoms with van der Waals surface area (Å²) in [7, 11) is 1.33. The van der Waals surface area contributed by atoms with Crippen LogP contribution in [0, 0.1) is 0 Å². The molecule has 5 heteroatoms. The van der Waals surface area contributed by atoms with Crippen molar-refractivity contribution in [2.75, 3.05) is 7.11 Å². The molecule has 1 aromatic heterocycles. The van der Waals surface area contributed by atoms with Crippen molar-refractivity contribution in [2.24, 2.45) is 0 Å². The van der Waals surface area contributed by atoms with Crippen molar-refractivity contribution in [3.63, 3.8) is 0 Å². The van der Waals surface area contributed by atoms with Gasteiger partial charge in [0.05, 0.1) is 7.11 Å². The molecule has 0 N–H and O–H groups in total. The van der Waals surface area contributed by atoms with Gasteiger partial charge in [-0.15, -0.1) is 0 Å². The lowest BCUT2D eigenvalue weighted by molar-refractivity contribution is -0.134. The van der Waals surface area contributed by atoms with Gasteiger partial charge in [0.2, 0.25) is 0 Å². The Kier molecular flexibility index (Phi) is 3.26. The fraction of sp³-hybridized carbons (Fsp3) is 0.0909. The van der Waals surface area contributed by atoms with E-state index in [0.29, 0.717) is 5.22 Å². The molecule has 0 saturated heterocycles. The van der Waals surface area contributed by atoms with Crippen LogP contribution in [0.1, 0.15) is 0 Å². The van der Waals surface area contributed by atoms with Gasteiger partial charge < -0.3 is 9.15 Å². The second-order valence-electron chi connectivity index (χ2n) is 2.89. The van der Waals surface area contributed by atoms with E-state index >= 15 is 0 Å². The highest BCUT2D eigenvalue weighted by atomic mass is 32.2. The van der Waals surface area contributed by atoms with E-state index in [2.05, 4.69) is 9.72 Å². The molecule has 0 bridgehead atoms. The lowest BCUT2D eigenvalue weighted by Gasteiger charge is -1.88. The van der Waals surface area contributed by atoms with Gasteiger partial charge in [0.1, 0.15) is 5.52 Å². The second-order valence-corrected chi connectivity index (χ2v) is 3.75. The van der Waals surface area contributed by atoms with Crippen molar-refractivity contribution in [3.05, 3.63) is 35.7 Å². The Bertz CT molecular complexity index is 500. The second kappa shape index (κ2) is 4.85. The number of ether oxygens (including phenoxy) is 1. The average molecular weight is 235 g/mol. The zero-order chi connectivity index (χ0) is 11.4. The number of thioether (sulfide) groups is 1. The third-order valence-electron chi connectivity index (χ3n) is 1.85. The Hall–Kier alpha value is -1.75. The zero-order valence-corrected chi connectivity index (χ0v) is 9.36. The standard InChI is InChI=1S/C11H9NO3S/c1-14-10(13)6-7-16-11-12-8-4-2-3-5-9(8)15-11/h2-7H,1H3/b7-6-. The Balaban J connectivity index is 2.10. The molecule has 16 heavy (non-hydrogen) atoms. The van der Waals surface area contributed by atoms with Gasteiger partial charge in [0.15, 0.2) is 5.58 Å². The van der Waals surface area contributed by atoms with E-state index in [9.17, 15) is 4.79 Å². The predicted molar refractivity (Wildman–Crippen MR) is 61.0 cm³/mol. The van der Waals surface area contributed by atoms with Gasteiger partial charge in [-0.1, -0.05) is 12.1 Å². The van der Waals surface area contributed by atoms with Crippen LogP contribution in [0.3, 0.4) is 0 Å². The van der Waals surface area contributed by atoms with Crippen LogP contribution in [0.5, 0.6) is 0 Å². The largest absolute Gasteiger partial charge is 0.466 e. The molecule has 0 amide bonds.